The number of nitrogens with two attached hydrogens (primary N) is 1. The molecule has 0 aromatic heterocycles. The number of sulfonamides is 1. The Hall–Kier alpha value is -5.67. The molecular formula is C34H25N3O5S. The van der Waals surface area contributed by atoms with Crippen molar-refractivity contribution < 1.29 is 23.1 Å². The maximum absolute atomic E-state index is 13.4. The van der Waals surface area contributed by atoms with Gasteiger partial charge < -0.3 is 15.6 Å². The lowest BCUT2D eigenvalue weighted by atomic mass is 10.0. The van der Waals surface area contributed by atoms with E-state index in [4.69, 9.17) is 15.9 Å². The lowest BCUT2D eigenvalue weighted by Crippen LogP contribution is -2.13. The van der Waals surface area contributed by atoms with Gasteiger partial charge in [0, 0.05) is 16.8 Å². The quantitative estimate of drug-likeness (QED) is 0.109. The summed E-state index contributed by atoms with van der Waals surface area (Å²) in [4.78, 5) is 11.8. The average Bonchev–Trinajstić information content (AvgIpc) is 3.01. The predicted molar refractivity (Wildman–Crippen MR) is 169 cm³/mol. The summed E-state index contributed by atoms with van der Waals surface area (Å²) in [6.07, 6.45) is 0. The fourth-order valence-corrected chi connectivity index (χ4v) is 5.94. The Balaban J connectivity index is 1.38. The lowest BCUT2D eigenvalue weighted by molar-refractivity contribution is 0.0697. The minimum atomic E-state index is -3.94. The van der Waals surface area contributed by atoms with E-state index in [2.05, 4.69) is 4.72 Å². The van der Waals surface area contributed by atoms with Crippen LogP contribution in [0.15, 0.2) is 126 Å². The number of carboxylic acid groups (broad SMARTS) is 1. The molecule has 0 saturated heterocycles. The summed E-state index contributed by atoms with van der Waals surface area (Å²) in [5, 5.41) is 20.7. The topological polar surface area (TPSA) is 143 Å². The lowest BCUT2D eigenvalue weighted by Gasteiger charge is -2.16. The summed E-state index contributed by atoms with van der Waals surface area (Å²) in [7, 11) is -3.94. The van der Waals surface area contributed by atoms with Gasteiger partial charge in [0.25, 0.3) is 10.0 Å². The Morgan fingerprint density at radius 1 is 0.721 bits per heavy atom. The van der Waals surface area contributed by atoms with E-state index in [-0.39, 0.29) is 22.0 Å². The van der Waals surface area contributed by atoms with E-state index in [0.717, 1.165) is 21.5 Å². The number of amidine groups is 1. The van der Waals surface area contributed by atoms with Gasteiger partial charge in [0.1, 0.15) is 17.3 Å². The molecule has 0 radical (unpaired) electrons. The van der Waals surface area contributed by atoms with Crippen LogP contribution in [0.25, 0.3) is 32.7 Å². The zero-order valence-corrected chi connectivity index (χ0v) is 23.4. The number of rotatable bonds is 8. The minimum Gasteiger partial charge on any atom is -0.478 e. The van der Waals surface area contributed by atoms with Crippen molar-refractivity contribution in [2.75, 3.05) is 4.72 Å². The molecule has 0 aliphatic rings. The van der Waals surface area contributed by atoms with Gasteiger partial charge in [-0.3, -0.25) is 10.1 Å². The highest BCUT2D eigenvalue weighted by molar-refractivity contribution is 7.92. The number of ether oxygens (including phenoxy) is 1. The summed E-state index contributed by atoms with van der Waals surface area (Å²) in [6.45, 7) is 0. The van der Waals surface area contributed by atoms with Crippen LogP contribution < -0.4 is 15.2 Å². The Morgan fingerprint density at radius 2 is 1.44 bits per heavy atom. The third-order valence-electron chi connectivity index (χ3n) is 7.03. The van der Waals surface area contributed by atoms with Crippen molar-refractivity contribution >= 4 is 49.1 Å². The number of hydrogen-bond acceptors (Lipinski definition) is 5. The molecule has 0 bridgehead atoms. The first-order valence-corrected chi connectivity index (χ1v) is 14.7. The minimum absolute atomic E-state index is 0.0215. The average molecular weight is 588 g/mol. The van der Waals surface area contributed by atoms with Crippen molar-refractivity contribution in [1.29, 1.82) is 5.41 Å². The molecule has 5 N–H and O–H groups in total. The number of carbonyl (C=O) groups is 1. The number of nitrogens with one attached hydrogen (secondary N) is 2. The molecule has 43 heavy (non-hydrogen) atoms. The molecular weight excluding hydrogens is 562 g/mol. The Labute approximate surface area is 247 Å². The van der Waals surface area contributed by atoms with Gasteiger partial charge in [-0.25, -0.2) is 13.2 Å². The molecule has 0 fully saturated rings. The molecule has 9 heteroatoms. The van der Waals surface area contributed by atoms with E-state index in [1.54, 1.807) is 60.7 Å². The van der Waals surface area contributed by atoms with E-state index >= 15 is 0 Å². The molecule has 0 spiro atoms. The number of hydrogen-bond donors (Lipinski definition) is 4. The van der Waals surface area contributed by atoms with Gasteiger partial charge in [-0.1, -0.05) is 60.7 Å². The number of benzene rings is 6. The summed E-state index contributed by atoms with van der Waals surface area (Å²) < 4.78 is 35.6. The van der Waals surface area contributed by atoms with Crippen LogP contribution in [0.3, 0.4) is 0 Å². The van der Waals surface area contributed by atoms with Gasteiger partial charge in [0.2, 0.25) is 0 Å². The van der Waals surface area contributed by atoms with Gasteiger partial charge in [-0.15, -0.1) is 0 Å². The SMILES string of the molecule is N=C(N)c1ccc2cc(Oc3ccc(NS(=O)(=O)c4ccc5ccccc5c4)cc3-c3cccc(C(=O)O)c3)ccc2c1. The van der Waals surface area contributed by atoms with Crippen molar-refractivity contribution in [2.24, 2.45) is 5.73 Å². The highest BCUT2D eigenvalue weighted by atomic mass is 32.2. The van der Waals surface area contributed by atoms with Gasteiger partial charge in [-0.2, -0.15) is 0 Å². The van der Waals surface area contributed by atoms with Crippen LogP contribution >= 0.6 is 0 Å². The second-order valence-electron chi connectivity index (χ2n) is 9.95. The monoisotopic (exact) mass is 587 g/mol. The van der Waals surface area contributed by atoms with Crippen molar-refractivity contribution in [3.8, 4) is 22.6 Å². The Kier molecular flexibility index (Phi) is 7.01. The van der Waals surface area contributed by atoms with Crippen LogP contribution in [0.4, 0.5) is 5.69 Å². The molecule has 0 aliphatic carbocycles. The molecule has 0 atom stereocenters. The summed E-state index contributed by atoms with van der Waals surface area (Å²) in [6, 6.07) is 34.5. The van der Waals surface area contributed by atoms with Crippen LogP contribution in [0, 0.1) is 5.41 Å². The number of aromatic carboxylic acids is 1. The Morgan fingerprint density at radius 3 is 2.23 bits per heavy atom. The molecule has 0 amide bonds. The Bertz CT molecular complexity index is 2180. The van der Waals surface area contributed by atoms with Gasteiger partial charge >= 0.3 is 5.97 Å². The van der Waals surface area contributed by atoms with Crippen molar-refractivity contribution in [1.82, 2.24) is 0 Å². The summed E-state index contributed by atoms with van der Waals surface area (Å²) >= 11 is 0. The normalized spacial score (nSPS) is 11.3. The predicted octanol–water partition coefficient (Wildman–Crippen LogP) is 7.24. The highest BCUT2D eigenvalue weighted by Gasteiger charge is 2.18. The van der Waals surface area contributed by atoms with Crippen LogP contribution in [0.1, 0.15) is 15.9 Å². The zero-order valence-electron chi connectivity index (χ0n) is 22.6. The van der Waals surface area contributed by atoms with E-state index in [9.17, 15) is 18.3 Å². The zero-order chi connectivity index (χ0) is 30.1. The van der Waals surface area contributed by atoms with Crippen LogP contribution in [-0.4, -0.2) is 25.3 Å². The first-order chi connectivity index (χ1) is 20.7. The molecule has 212 valence electrons. The van der Waals surface area contributed by atoms with Gasteiger partial charge in [-0.05, 0) is 87.8 Å². The van der Waals surface area contributed by atoms with Crippen LogP contribution in [0.2, 0.25) is 0 Å². The second kappa shape index (κ2) is 11.0. The largest absolute Gasteiger partial charge is 0.478 e. The van der Waals surface area contributed by atoms with Crippen LogP contribution in [-0.2, 0) is 10.0 Å². The van der Waals surface area contributed by atoms with E-state index in [1.165, 1.54) is 12.1 Å². The van der Waals surface area contributed by atoms with E-state index in [0.29, 0.717) is 28.2 Å². The van der Waals surface area contributed by atoms with E-state index in [1.807, 2.05) is 48.5 Å². The van der Waals surface area contributed by atoms with E-state index < -0.39 is 16.0 Å². The number of nitrogen functional groups attached to an aromatic ring is 1. The number of anilines is 1. The van der Waals surface area contributed by atoms with Crippen molar-refractivity contribution in [3.63, 3.8) is 0 Å². The molecule has 6 aromatic carbocycles. The van der Waals surface area contributed by atoms with Crippen molar-refractivity contribution in [3.05, 3.63) is 132 Å². The van der Waals surface area contributed by atoms with Gasteiger partial charge in [0.15, 0.2) is 0 Å². The maximum Gasteiger partial charge on any atom is 0.335 e. The number of carboxylic acids is 1. The first-order valence-electron chi connectivity index (χ1n) is 13.2. The fraction of sp³-hybridized carbons (Fsp3) is 0. The molecule has 0 heterocycles. The second-order valence-corrected chi connectivity index (χ2v) is 11.6. The molecule has 6 aromatic rings. The molecule has 0 aliphatic heterocycles. The third kappa shape index (κ3) is 5.74. The first kappa shape index (κ1) is 27.5. The fourth-order valence-electron chi connectivity index (χ4n) is 4.86. The van der Waals surface area contributed by atoms with Gasteiger partial charge in [0.05, 0.1) is 10.5 Å². The molecule has 0 unspecified atom stereocenters. The third-order valence-corrected chi connectivity index (χ3v) is 8.41. The molecule has 0 saturated carbocycles. The van der Waals surface area contributed by atoms with Crippen LogP contribution in [0.5, 0.6) is 11.5 Å². The standard InChI is InChI=1S/C34H25N3O5S/c35-33(36)26-9-8-24-18-29(13-10-23(24)16-26)42-32-15-12-28(20-31(32)25-6-3-7-27(17-25)34(38)39)37-43(40,41)30-14-11-21-4-1-2-5-22(21)19-30/h1-20,37H,(H3,35,36)(H,38,39). The summed E-state index contributed by atoms with van der Waals surface area (Å²) in [5.74, 6) is -0.192. The molecule has 6 rings (SSSR count). The summed E-state index contributed by atoms with van der Waals surface area (Å²) in [5.41, 5.74) is 7.63. The van der Waals surface area contributed by atoms with Crippen molar-refractivity contribution in [2.45, 2.75) is 4.90 Å². The smallest absolute Gasteiger partial charge is 0.335 e. The maximum atomic E-state index is 13.4. The number of fused-ring (bicyclic) bond motifs is 2. The molecule has 8 nitrogen and oxygen atoms in total. The highest BCUT2D eigenvalue weighted by Crippen LogP contribution is 2.37.